The van der Waals surface area contributed by atoms with Crippen LogP contribution in [-0.4, -0.2) is 59.1 Å². The Bertz CT molecular complexity index is 1520. The number of hydrogen-bond donors (Lipinski definition) is 2. The highest BCUT2D eigenvalue weighted by Crippen LogP contribution is 2.34. The summed E-state index contributed by atoms with van der Waals surface area (Å²) in [6, 6.07) is 21.3. The second-order valence-electron chi connectivity index (χ2n) is 9.51. The van der Waals surface area contributed by atoms with Crippen molar-refractivity contribution in [2.75, 3.05) is 24.8 Å². The molecule has 42 heavy (non-hydrogen) atoms. The number of anilines is 1. The van der Waals surface area contributed by atoms with Crippen molar-refractivity contribution in [1.29, 1.82) is 0 Å². The van der Waals surface area contributed by atoms with Crippen molar-refractivity contribution >= 4 is 51.9 Å². The van der Waals surface area contributed by atoms with E-state index >= 15 is 0 Å². The van der Waals surface area contributed by atoms with Crippen molar-refractivity contribution in [2.45, 2.75) is 32.4 Å². The van der Waals surface area contributed by atoms with Gasteiger partial charge in [-0.05, 0) is 67.4 Å². The Labute approximate surface area is 248 Å². The van der Waals surface area contributed by atoms with E-state index in [0.29, 0.717) is 35.5 Å². The number of nitrogens with one attached hydrogen (secondary N) is 2. The minimum atomic E-state index is -0.721. The van der Waals surface area contributed by atoms with Gasteiger partial charge in [0.1, 0.15) is 23.4 Å². The highest BCUT2D eigenvalue weighted by atomic mass is 32.2. The number of amides is 3. The summed E-state index contributed by atoms with van der Waals surface area (Å²) in [5.74, 6) is 1.34. The van der Waals surface area contributed by atoms with Gasteiger partial charge in [0.25, 0.3) is 5.91 Å². The van der Waals surface area contributed by atoms with Gasteiger partial charge in [-0.2, -0.15) is 0 Å². The molecule has 0 unspecified atom stereocenters. The second kappa shape index (κ2) is 13.3. The Hall–Kier alpha value is -4.64. The number of hydrogen-bond acceptors (Lipinski definition) is 8. The van der Waals surface area contributed by atoms with Gasteiger partial charge >= 0.3 is 0 Å². The molecule has 2 N–H and O–H groups in total. The van der Waals surface area contributed by atoms with Crippen LogP contribution in [0.4, 0.5) is 11.4 Å². The van der Waals surface area contributed by atoms with Gasteiger partial charge in [0.05, 0.1) is 25.2 Å². The molecule has 11 heteroatoms. The molecular weight excluding hydrogens is 554 g/mol. The molecule has 0 bridgehead atoms. The third-order valence-electron chi connectivity index (χ3n) is 6.62. The first-order valence-corrected chi connectivity index (χ1v) is 14.6. The number of benzene rings is 3. The van der Waals surface area contributed by atoms with Crippen molar-refractivity contribution < 1.29 is 23.9 Å². The summed E-state index contributed by atoms with van der Waals surface area (Å²) in [6.07, 6.45) is 0.397. The summed E-state index contributed by atoms with van der Waals surface area (Å²) in [5.41, 5.74) is 3.00. The molecule has 0 aromatic heterocycles. The van der Waals surface area contributed by atoms with Crippen LogP contribution in [0.2, 0.25) is 0 Å². The fourth-order valence-corrected chi connectivity index (χ4v) is 5.32. The van der Waals surface area contributed by atoms with Gasteiger partial charge < -0.3 is 20.1 Å². The van der Waals surface area contributed by atoms with E-state index in [1.54, 1.807) is 31.4 Å². The number of rotatable bonds is 11. The lowest BCUT2D eigenvalue weighted by Gasteiger charge is -2.25. The number of amidine groups is 2. The van der Waals surface area contributed by atoms with Crippen LogP contribution in [0.3, 0.4) is 0 Å². The van der Waals surface area contributed by atoms with Crippen LogP contribution >= 0.6 is 11.8 Å². The maximum absolute atomic E-state index is 13.5. The van der Waals surface area contributed by atoms with Crippen molar-refractivity contribution in [3.8, 4) is 11.5 Å². The van der Waals surface area contributed by atoms with Crippen LogP contribution < -0.4 is 20.1 Å². The molecule has 1 atom stereocenters. The van der Waals surface area contributed by atoms with Crippen molar-refractivity contribution in [1.82, 2.24) is 10.2 Å². The van der Waals surface area contributed by atoms with E-state index in [9.17, 15) is 14.4 Å². The predicted molar refractivity (Wildman–Crippen MR) is 163 cm³/mol. The van der Waals surface area contributed by atoms with E-state index in [0.717, 1.165) is 34.4 Å². The number of nitrogens with zero attached hydrogens (tertiary/aromatic N) is 3. The minimum absolute atomic E-state index is 0.0453. The maximum atomic E-state index is 13.5. The summed E-state index contributed by atoms with van der Waals surface area (Å²) >= 11 is 1.16. The Balaban J connectivity index is 1.20. The molecule has 0 fully saturated rings. The van der Waals surface area contributed by atoms with Gasteiger partial charge in [0, 0.05) is 24.2 Å². The monoisotopic (exact) mass is 585 g/mol. The van der Waals surface area contributed by atoms with E-state index in [4.69, 9.17) is 14.5 Å². The Morgan fingerprint density at radius 3 is 2.45 bits per heavy atom. The molecule has 3 aromatic rings. The van der Waals surface area contributed by atoms with Crippen molar-refractivity contribution in [2.24, 2.45) is 9.98 Å². The Kier molecular flexibility index (Phi) is 9.18. The number of carbonyl (C=O) groups excluding carboxylic acids is 3. The largest absolute Gasteiger partial charge is 0.497 e. The number of aliphatic imine (C=N–C) groups is 2. The number of methoxy groups -OCH3 is 1. The second-order valence-corrected chi connectivity index (χ2v) is 10.5. The summed E-state index contributed by atoms with van der Waals surface area (Å²) in [6.45, 7) is 2.85. The molecule has 0 saturated heterocycles. The standard InChI is InChI=1S/C31H31N5O5S/c1-3-41-23-14-10-21(11-15-23)33-28(38)19-42-31-35-25-7-5-4-6-24(25)29-34-26(30(39)36(29)31)16-17-27(37)32-18-20-8-12-22(40-2)13-9-20/h4-15,26H,3,16-19H2,1-2H3,(H,32,37)(H,33,38)/t26-/m0/s1. The summed E-state index contributed by atoms with van der Waals surface area (Å²) in [7, 11) is 1.60. The fraction of sp³-hybridized carbons (Fsp3) is 0.258. The van der Waals surface area contributed by atoms with Gasteiger partial charge in [-0.25, -0.2) is 9.89 Å². The first kappa shape index (κ1) is 28.9. The number of para-hydroxylation sites is 1. The highest BCUT2D eigenvalue weighted by molar-refractivity contribution is 8.14. The average molecular weight is 586 g/mol. The first-order chi connectivity index (χ1) is 20.4. The van der Waals surface area contributed by atoms with Crippen LogP contribution in [0.25, 0.3) is 0 Å². The van der Waals surface area contributed by atoms with Gasteiger partial charge in [0.2, 0.25) is 11.8 Å². The van der Waals surface area contributed by atoms with Crippen LogP contribution in [-0.2, 0) is 20.9 Å². The fourth-order valence-electron chi connectivity index (χ4n) is 4.52. The highest BCUT2D eigenvalue weighted by Gasteiger charge is 2.41. The molecule has 5 rings (SSSR count). The molecule has 2 aliphatic rings. The molecular formula is C31H31N5O5S. The molecule has 2 aliphatic heterocycles. The lowest BCUT2D eigenvalue weighted by atomic mass is 10.1. The van der Waals surface area contributed by atoms with E-state index < -0.39 is 6.04 Å². The number of carbonyl (C=O) groups is 3. The van der Waals surface area contributed by atoms with Crippen molar-refractivity contribution in [3.05, 3.63) is 83.9 Å². The quantitative estimate of drug-likeness (QED) is 0.341. The Morgan fingerprint density at radius 2 is 1.71 bits per heavy atom. The third-order valence-corrected chi connectivity index (χ3v) is 7.56. The molecule has 3 aromatic carbocycles. The molecule has 0 radical (unpaired) electrons. The lowest BCUT2D eigenvalue weighted by Crippen LogP contribution is -2.41. The lowest BCUT2D eigenvalue weighted by molar-refractivity contribution is -0.125. The number of thioether (sulfide) groups is 1. The molecule has 0 aliphatic carbocycles. The molecule has 2 heterocycles. The van der Waals surface area contributed by atoms with Gasteiger partial charge in [0.15, 0.2) is 5.17 Å². The third kappa shape index (κ3) is 6.80. The average Bonchev–Trinajstić information content (AvgIpc) is 3.35. The zero-order chi connectivity index (χ0) is 29.5. The van der Waals surface area contributed by atoms with E-state index in [-0.39, 0.29) is 36.3 Å². The van der Waals surface area contributed by atoms with E-state index in [2.05, 4.69) is 15.6 Å². The molecule has 3 amide bonds. The van der Waals surface area contributed by atoms with E-state index in [1.807, 2.05) is 55.5 Å². The van der Waals surface area contributed by atoms with Crippen LogP contribution in [0.1, 0.15) is 30.9 Å². The summed E-state index contributed by atoms with van der Waals surface area (Å²) < 4.78 is 10.6. The zero-order valence-corrected chi connectivity index (χ0v) is 24.1. The number of ether oxygens (including phenoxy) is 2. The van der Waals surface area contributed by atoms with Crippen LogP contribution in [0, 0.1) is 0 Å². The normalized spacial score (nSPS) is 15.2. The topological polar surface area (TPSA) is 122 Å². The van der Waals surface area contributed by atoms with Gasteiger partial charge in [-0.1, -0.05) is 36.0 Å². The van der Waals surface area contributed by atoms with Crippen LogP contribution in [0.5, 0.6) is 11.5 Å². The van der Waals surface area contributed by atoms with Crippen molar-refractivity contribution in [3.63, 3.8) is 0 Å². The predicted octanol–water partition coefficient (Wildman–Crippen LogP) is 4.52. The van der Waals surface area contributed by atoms with Crippen LogP contribution in [0.15, 0.2) is 82.8 Å². The molecule has 0 saturated carbocycles. The SMILES string of the molecule is CCOc1ccc(NC(=O)CSC2=Nc3ccccc3C3=N[C@@H](CCC(=O)NCc4ccc(OC)cc4)C(=O)N23)cc1. The zero-order valence-electron chi connectivity index (χ0n) is 23.3. The summed E-state index contributed by atoms with van der Waals surface area (Å²) in [5, 5.41) is 6.13. The molecule has 0 spiro atoms. The Morgan fingerprint density at radius 1 is 0.976 bits per heavy atom. The smallest absolute Gasteiger partial charge is 0.259 e. The minimum Gasteiger partial charge on any atom is -0.497 e. The molecule has 216 valence electrons. The van der Waals surface area contributed by atoms with E-state index in [1.165, 1.54) is 4.90 Å². The maximum Gasteiger partial charge on any atom is 0.259 e. The van der Waals surface area contributed by atoms with Gasteiger partial charge in [-0.3, -0.25) is 19.4 Å². The summed E-state index contributed by atoms with van der Waals surface area (Å²) in [4.78, 5) is 49.6. The van der Waals surface area contributed by atoms with Gasteiger partial charge in [-0.15, -0.1) is 0 Å². The number of fused-ring (bicyclic) bond motifs is 3. The first-order valence-electron chi connectivity index (χ1n) is 13.6. The molecule has 10 nitrogen and oxygen atoms in total.